The third kappa shape index (κ3) is 25.8. The summed E-state index contributed by atoms with van der Waals surface area (Å²) in [6.07, 6.45) is 3.22. The monoisotopic (exact) mass is 402 g/mol. The largest absolute Gasteiger partial charge is 0.466 e. The molecule has 0 radical (unpaired) electrons. The Hall–Kier alpha value is -2.45. The van der Waals surface area contributed by atoms with Crippen LogP contribution in [0.25, 0.3) is 0 Å². The highest BCUT2D eigenvalue weighted by Crippen LogP contribution is 1.92. The van der Waals surface area contributed by atoms with E-state index in [1.165, 1.54) is 7.11 Å². The highest BCUT2D eigenvalue weighted by Gasteiger charge is 2.01. The molecule has 0 spiro atoms. The average Bonchev–Trinajstić information content (AvgIpc) is 2.68. The summed E-state index contributed by atoms with van der Waals surface area (Å²) in [5.41, 5.74) is 0.857. The number of methoxy groups -OCH3 is 1. The van der Waals surface area contributed by atoms with Gasteiger partial charge < -0.3 is 24.1 Å². The summed E-state index contributed by atoms with van der Waals surface area (Å²) in [4.78, 5) is 31.2. The number of unbranched alkanes of at least 4 members (excludes halogenated alkanes) is 1. The molecule has 0 unspecified atom stereocenters. The minimum absolute atomic E-state index is 0.0465. The molecule has 8 heteroatoms. The molecule has 0 bridgehead atoms. The number of hydrogen-bond donors (Lipinski definition) is 1. The molecule has 8 nitrogen and oxygen atoms in total. The number of ether oxygens (including phenoxy) is 4. The Morgan fingerprint density at radius 1 is 0.929 bits per heavy atom. The van der Waals surface area contributed by atoms with Gasteiger partial charge in [-0.2, -0.15) is 0 Å². The minimum atomic E-state index is -0.501. The first-order valence-corrected chi connectivity index (χ1v) is 8.72. The second kappa shape index (κ2) is 22.6. The molecule has 0 heterocycles. The Balaban J connectivity index is -0.000000359. The van der Waals surface area contributed by atoms with Crippen LogP contribution in [-0.2, 0) is 33.3 Å². The lowest BCUT2D eigenvalue weighted by Gasteiger charge is -2.04. The van der Waals surface area contributed by atoms with E-state index >= 15 is 0 Å². The Labute approximate surface area is 167 Å². The van der Waals surface area contributed by atoms with Gasteiger partial charge in [0, 0.05) is 23.8 Å². The van der Waals surface area contributed by atoms with E-state index in [2.05, 4.69) is 36.1 Å². The second-order valence-corrected chi connectivity index (χ2v) is 5.25. The number of rotatable bonds is 11. The number of carbonyl (C=O) groups excluding carboxylic acids is 3. The van der Waals surface area contributed by atoms with Gasteiger partial charge in [-0.1, -0.05) is 33.1 Å². The second-order valence-electron chi connectivity index (χ2n) is 5.25. The molecule has 0 aliphatic heterocycles. The van der Waals surface area contributed by atoms with Gasteiger partial charge in [-0.15, -0.1) is 0 Å². The number of esters is 3. The lowest BCUT2D eigenvalue weighted by atomic mass is 10.4. The van der Waals surface area contributed by atoms with Crippen molar-refractivity contribution in [2.75, 3.05) is 40.1 Å². The summed E-state index contributed by atoms with van der Waals surface area (Å²) in [5, 5.41) is 8.10. The van der Waals surface area contributed by atoms with Gasteiger partial charge in [0.2, 0.25) is 0 Å². The van der Waals surface area contributed by atoms with E-state index in [1.807, 2.05) is 0 Å². The van der Waals surface area contributed by atoms with E-state index in [0.717, 1.165) is 25.5 Å². The smallest absolute Gasteiger partial charge is 0.333 e. The molecule has 0 aromatic rings. The SMILES string of the molecule is C=C(C)C(=O)OC.C=C(C)C(=O)OCCOCCCC.C=CC(=O)OCCO. The van der Waals surface area contributed by atoms with Crippen LogP contribution in [0.3, 0.4) is 0 Å². The molecule has 0 saturated carbocycles. The lowest BCUT2D eigenvalue weighted by molar-refractivity contribution is -0.140. The molecular formula is C20H34O8. The van der Waals surface area contributed by atoms with Gasteiger partial charge in [0.1, 0.15) is 13.2 Å². The summed E-state index contributed by atoms with van der Waals surface area (Å²) >= 11 is 0. The van der Waals surface area contributed by atoms with Crippen molar-refractivity contribution in [2.24, 2.45) is 0 Å². The van der Waals surface area contributed by atoms with Crippen LogP contribution < -0.4 is 0 Å². The predicted molar refractivity (Wildman–Crippen MR) is 107 cm³/mol. The number of carbonyl (C=O) groups is 3. The molecule has 0 atom stereocenters. The molecule has 0 aliphatic rings. The van der Waals surface area contributed by atoms with Crippen LogP contribution in [0.15, 0.2) is 37.0 Å². The first-order valence-electron chi connectivity index (χ1n) is 8.72. The highest BCUT2D eigenvalue weighted by molar-refractivity contribution is 5.87. The normalized spacial score (nSPS) is 8.75. The van der Waals surface area contributed by atoms with Crippen LogP contribution in [0.2, 0.25) is 0 Å². The van der Waals surface area contributed by atoms with E-state index < -0.39 is 5.97 Å². The van der Waals surface area contributed by atoms with Crippen LogP contribution in [0.4, 0.5) is 0 Å². The quantitative estimate of drug-likeness (QED) is 0.243. The number of aliphatic hydroxyl groups is 1. The van der Waals surface area contributed by atoms with Crippen molar-refractivity contribution in [1.82, 2.24) is 0 Å². The predicted octanol–water partition coefficient (Wildman–Crippen LogP) is 2.37. The van der Waals surface area contributed by atoms with Gasteiger partial charge in [0.25, 0.3) is 0 Å². The maximum atomic E-state index is 10.9. The van der Waals surface area contributed by atoms with E-state index in [1.54, 1.807) is 13.8 Å². The van der Waals surface area contributed by atoms with Gasteiger partial charge in [-0.05, 0) is 20.3 Å². The maximum Gasteiger partial charge on any atom is 0.333 e. The molecule has 0 aromatic heterocycles. The minimum Gasteiger partial charge on any atom is -0.466 e. The molecule has 0 fully saturated rings. The molecule has 0 aromatic carbocycles. The zero-order valence-electron chi connectivity index (χ0n) is 17.5. The summed E-state index contributed by atoms with van der Waals surface area (Å²) < 4.78 is 18.6. The molecule has 1 N–H and O–H groups in total. The van der Waals surface area contributed by atoms with Gasteiger partial charge in [0.15, 0.2) is 0 Å². The number of aliphatic hydroxyl groups excluding tert-OH is 1. The molecule has 0 rings (SSSR count). The van der Waals surface area contributed by atoms with Gasteiger partial charge in [-0.3, -0.25) is 0 Å². The Morgan fingerprint density at radius 2 is 1.50 bits per heavy atom. The zero-order chi connectivity index (χ0) is 22.4. The van der Waals surface area contributed by atoms with Crippen molar-refractivity contribution in [3.05, 3.63) is 37.0 Å². The highest BCUT2D eigenvalue weighted by atomic mass is 16.6. The third-order valence-electron chi connectivity index (χ3n) is 2.49. The van der Waals surface area contributed by atoms with Crippen molar-refractivity contribution in [2.45, 2.75) is 33.6 Å². The van der Waals surface area contributed by atoms with Crippen LogP contribution >= 0.6 is 0 Å². The first kappa shape index (κ1) is 30.3. The van der Waals surface area contributed by atoms with Gasteiger partial charge in [-0.25, -0.2) is 14.4 Å². The molecular weight excluding hydrogens is 368 g/mol. The van der Waals surface area contributed by atoms with Crippen molar-refractivity contribution in [3.63, 3.8) is 0 Å². The summed E-state index contributed by atoms with van der Waals surface area (Å²) in [7, 11) is 1.33. The van der Waals surface area contributed by atoms with E-state index in [4.69, 9.17) is 14.6 Å². The summed E-state index contributed by atoms with van der Waals surface area (Å²) in [6, 6.07) is 0. The zero-order valence-corrected chi connectivity index (χ0v) is 17.5. The standard InChI is InChI=1S/C10H18O3.C5H8O3.C5H8O2/c1-4-5-6-12-7-8-13-10(11)9(2)3;1-2-5(7)8-4-3-6;1-4(2)5(6)7-3/h2,4-8H2,1,3H3;2,6H,1,3-4H2;1H2,2-3H3. The third-order valence-corrected chi connectivity index (χ3v) is 2.49. The fourth-order valence-corrected chi connectivity index (χ4v) is 1.04. The number of hydrogen-bond acceptors (Lipinski definition) is 8. The first-order chi connectivity index (χ1) is 13.2. The van der Waals surface area contributed by atoms with Gasteiger partial charge >= 0.3 is 17.9 Å². The Morgan fingerprint density at radius 3 is 1.86 bits per heavy atom. The van der Waals surface area contributed by atoms with E-state index in [-0.39, 0.29) is 25.2 Å². The summed E-state index contributed by atoms with van der Waals surface area (Å²) in [5.74, 6) is -1.20. The molecule has 0 aliphatic carbocycles. The molecule has 0 amide bonds. The topological polar surface area (TPSA) is 108 Å². The van der Waals surface area contributed by atoms with Crippen LogP contribution in [0.5, 0.6) is 0 Å². The van der Waals surface area contributed by atoms with Crippen molar-refractivity contribution in [1.29, 1.82) is 0 Å². The van der Waals surface area contributed by atoms with Crippen molar-refractivity contribution < 1.29 is 38.4 Å². The van der Waals surface area contributed by atoms with Crippen LogP contribution in [0.1, 0.15) is 33.6 Å². The van der Waals surface area contributed by atoms with E-state index in [0.29, 0.717) is 24.4 Å². The van der Waals surface area contributed by atoms with Crippen LogP contribution in [-0.4, -0.2) is 63.2 Å². The molecule has 0 saturated heterocycles. The molecule has 28 heavy (non-hydrogen) atoms. The maximum absolute atomic E-state index is 10.9. The molecule has 162 valence electrons. The Bertz CT molecular complexity index is 483. The van der Waals surface area contributed by atoms with Gasteiger partial charge in [0.05, 0.1) is 20.3 Å². The fourth-order valence-electron chi connectivity index (χ4n) is 1.04. The summed E-state index contributed by atoms with van der Waals surface area (Å²) in [6.45, 7) is 16.7. The van der Waals surface area contributed by atoms with Crippen molar-refractivity contribution >= 4 is 17.9 Å². The van der Waals surface area contributed by atoms with Crippen molar-refractivity contribution in [3.8, 4) is 0 Å². The van der Waals surface area contributed by atoms with Crippen LogP contribution in [0, 0.1) is 0 Å². The Kier molecular flexibility index (Phi) is 24.4. The van der Waals surface area contributed by atoms with E-state index in [9.17, 15) is 14.4 Å². The average molecular weight is 402 g/mol. The fraction of sp³-hybridized carbons (Fsp3) is 0.550. The lowest BCUT2D eigenvalue weighted by Crippen LogP contribution is -2.11.